The van der Waals surface area contributed by atoms with Crippen molar-refractivity contribution in [2.24, 2.45) is 4.99 Å². The molecule has 0 saturated carbocycles. The van der Waals surface area contributed by atoms with Gasteiger partial charge in [0.1, 0.15) is 17.1 Å². The number of rotatable bonds is 10. The fourth-order valence-electron chi connectivity index (χ4n) is 2.72. The second kappa shape index (κ2) is 12.7. The van der Waals surface area contributed by atoms with Gasteiger partial charge in [-0.25, -0.2) is 4.99 Å². The number of aryl methyl sites for hydroxylation is 1. The molecule has 0 aliphatic heterocycles. The Morgan fingerprint density at radius 1 is 1.17 bits per heavy atom. The zero-order valence-corrected chi connectivity index (χ0v) is 20.8. The van der Waals surface area contributed by atoms with Crippen molar-refractivity contribution < 1.29 is 19.0 Å². The summed E-state index contributed by atoms with van der Waals surface area (Å²) in [7, 11) is 1.63. The lowest BCUT2D eigenvalue weighted by Crippen LogP contribution is -2.44. The smallest absolute Gasteiger partial charge is 0.191 e. The summed E-state index contributed by atoms with van der Waals surface area (Å²) in [5.41, 5.74) is -0.150. The lowest BCUT2D eigenvalue weighted by Gasteiger charge is -2.23. The molecular weight excluding hydrogens is 497 g/mol. The number of hydrogen-bond acceptors (Lipinski definition) is 5. The Bertz CT molecular complexity index is 805. The van der Waals surface area contributed by atoms with Crippen molar-refractivity contribution in [3.63, 3.8) is 0 Å². The topological polar surface area (TPSA) is 88.2 Å². The normalized spacial score (nSPS) is 13.2. The highest BCUT2D eigenvalue weighted by atomic mass is 127. The molecule has 0 aliphatic rings. The van der Waals surface area contributed by atoms with Crippen molar-refractivity contribution in [2.75, 3.05) is 26.8 Å². The van der Waals surface area contributed by atoms with E-state index >= 15 is 0 Å². The van der Waals surface area contributed by atoms with E-state index in [0.717, 1.165) is 23.5 Å². The second-order valence-electron chi connectivity index (χ2n) is 7.07. The van der Waals surface area contributed by atoms with Gasteiger partial charge in [0.25, 0.3) is 0 Å². The van der Waals surface area contributed by atoms with E-state index in [2.05, 4.69) is 22.5 Å². The summed E-state index contributed by atoms with van der Waals surface area (Å²) in [6.07, 6.45) is 0.939. The molecule has 1 atom stereocenters. The minimum absolute atomic E-state index is 0. The van der Waals surface area contributed by atoms with Crippen molar-refractivity contribution in [3.8, 4) is 11.5 Å². The molecular formula is C22H34IN3O4. The zero-order valence-electron chi connectivity index (χ0n) is 18.4. The first-order valence-electron chi connectivity index (χ1n) is 10.0. The van der Waals surface area contributed by atoms with Crippen LogP contribution in [0.3, 0.4) is 0 Å². The number of ether oxygens (including phenoxy) is 2. The van der Waals surface area contributed by atoms with Crippen molar-refractivity contribution >= 4 is 29.9 Å². The third kappa shape index (κ3) is 7.71. The van der Waals surface area contributed by atoms with Gasteiger partial charge < -0.3 is 29.6 Å². The molecule has 2 rings (SSSR count). The molecule has 8 heteroatoms. The Morgan fingerprint density at radius 3 is 2.53 bits per heavy atom. The van der Waals surface area contributed by atoms with E-state index in [1.165, 1.54) is 0 Å². The maximum atomic E-state index is 10.7. The van der Waals surface area contributed by atoms with Crippen LogP contribution in [-0.2, 0) is 12.1 Å². The number of halogens is 1. The molecule has 0 bridgehead atoms. The van der Waals surface area contributed by atoms with Crippen LogP contribution >= 0.6 is 24.0 Å². The first kappa shape index (κ1) is 26.1. The Hall–Kier alpha value is -1.94. The summed E-state index contributed by atoms with van der Waals surface area (Å²) in [6.45, 7) is 9.70. The maximum Gasteiger partial charge on any atom is 0.191 e. The monoisotopic (exact) mass is 531 g/mol. The number of aliphatic imine (C=N–C) groups is 1. The van der Waals surface area contributed by atoms with Gasteiger partial charge in [-0.2, -0.15) is 0 Å². The summed E-state index contributed by atoms with van der Waals surface area (Å²) in [4.78, 5) is 4.61. The highest BCUT2D eigenvalue weighted by Crippen LogP contribution is 2.28. The highest BCUT2D eigenvalue weighted by molar-refractivity contribution is 14.0. The van der Waals surface area contributed by atoms with Crippen molar-refractivity contribution in [1.82, 2.24) is 10.6 Å². The summed E-state index contributed by atoms with van der Waals surface area (Å²) in [6, 6.07) is 9.44. The van der Waals surface area contributed by atoms with E-state index in [-0.39, 0.29) is 30.5 Å². The van der Waals surface area contributed by atoms with Crippen LogP contribution in [0.5, 0.6) is 11.5 Å². The van der Waals surface area contributed by atoms with Gasteiger partial charge in [0.2, 0.25) is 0 Å². The molecule has 0 fully saturated rings. The molecule has 0 aliphatic carbocycles. The summed E-state index contributed by atoms with van der Waals surface area (Å²) in [5.74, 6) is 3.32. The predicted octanol–water partition coefficient (Wildman–Crippen LogP) is 3.97. The average Bonchev–Trinajstić information content (AvgIpc) is 3.16. The Kier molecular flexibility index (Phi) is 11.0. The van der Waals surface area contributed by atoms with Crippen molar-refractivity contribution in [3.05, 3.63) is 47.4 Å². The van der Waals surface area contributed by atoms with Crippen LogP contribution in [0.2, 0.25) is 0 Å². The minimum atomic E-state index is -1.15. The zero-order chi connectivity index (χ0) is 21.3. The number of benzene rings is 1. The van der Waals surface area contributed by atoms with Gasteiger partial charge in [0, 0.05) is 6.54 Å². The van der Waals surface area contributed by atoms with Crippen LogP contribution in [0.4, 0.5) is 0 Å². The van der Waals surface area contributed by atoms with Crippen LogP contribution in [-0.4, -0.2) is 37.9 Å². The Morgan fingerprint density at radius 2 is 1.93 bits per heavy atom. The summed E-state index contributed by atoms with van der Waals surface area (Å²) < 4.78 is 16.7. The van der Waals surface area contributed by atoms with E-state index in [1.54, 1.807) is 20.1 Å². The van der Waals surface area contributed by atoms with Gasteiger partial charge in [0.15, 0.2) is 17.5 Å². The fourth-order valence-corrected chi connectivity index (χ4v) is 2.72. The molecule has 30 heavy (non-hydrogen) atoms. The van der Waals surface area contributed by atoms with Gasteiger partial charge in [-0.3, -0.25) is 0 Å². The Balaban J connectivity index is 0.00000450. The SMILES string of the molecule is CCCOc1ccc(CN=C(NCC)NCC(C)(O)c2ccc(C)o2)cc1OC.I. The average molecular weight is 531 g/mol. The number of methoxy groups -OCH3 is 1. The first-order valence-corrected chi connectivity index (χ1v) is 10.0. The molecule has 2 aromatic rings. The number of nitrogens with one attached hydrogen (secondary N) is 2. The summed E-state index contributed by atoms with van der Waals surface area (Å²) >= 11 is 0. The van der Waals surface area contributed by atoms with Crippen LogP contribution in [0.15, 0.2) is 39.7 Å². The lowest BCUT2D eigenvalue weighted by molar-refractivity contribution is 0.0378. The van der Waals surface area contributed by atoms with Crippen LogP contribution in [0, 0.1) is 6.92 Å². The van der Waals surface area contributed by atoms with Crippen molar-refractivity contribution in [2.45, 2.75) is 46.3 Å². The standard InChI is InChI=1S/C22H33N3O4.HI/c1-6-12-28-18-10-9-17(13-19(18)27-5)14-24-21(23-7-2)25-15-22(4,26)20-11-8-16(3)29-20;/h8-11,13,26H,6-7,12,14-15H2,1-5H3,(H2,23,24,25);1H. The van der Waals surface area contributed by atoms with Gasteiger partial charge >= 0.3 is 0 Å². The molecule has 0 spiro atoms. The second-order valence-corrected chi connectivity index (χ2v) is 7.07. The van der Waals surface area contributed by atoms with E-state index in [4.69, 9.17) is 13.9 Å². The van der Waals surface area contributed by atoms with Crippen molar-refractivity contribution in [1.29, 1.82) is 0 Å². The molecule has 0 saturated heterocycles. The lowest BCUT2D eigenvalue weighted by atomic mass is 10.0. The number of aliphatic hydroxyl groups is 1. The fraction of sp³-hybridized carbons (Fsp3) is 0.500. The first-order chi connectivity index (χ1) is 13.9. The predicted molar refractivity (Wildman–Crippen MR) is 130 cm³/mol. The summed E-state index contributed by atoms with van der Waals surface area (Å²) in [5, 5.41) is 17.1. The van der Waals surface area contributed by atoms with E-state index in [1.807, 2.05) is 38.1 Å². The van der Waals surface area contributed by atoms with Gasteiger partial charge in [0.05, 0.1) is 26.8 Å². The number of hydrogen-bond donors (Lipinski definition) is 3. The molecule has 0 radical (unpaired) electrons. The third-order valence-corrected chi connectivity index (χ3v) is 4.32. The molecule has 1 aromatic heterocycles. The van der Waals surface area contributed by atoms with Crippen LogP contribution in [0.1, 0.15) is 44.3 Å². The highest BCUT2D eigenvalue weighted by Gasteiger charge is 2.27. The third-order valence-electron chi connectivity index (χ3n) is 4.32. The van der Waals surface area contributed by atoms with E-state index < -0.39 is 5.60 Å². The largest absolute Gasteiger partial charge is 0.493 e. The van der Waals surface area contributed by atoms with Crippen LogP contribution in [0.25, 0.3) is 0 Å². The molecule has 1 aromatic carbocycles. The minimum Gasteiger partial charge on any atom is -0.493 e. The Labute approximate surface area is 196 Å². The quantitative estimate of drug-likeness (QED) is 0.245. The molecule has 7 nitrogen and oxygen atoms in total. The van der Waals surface area contributed by atoms with Gasteiger partial charge in [-0.05, 0) is 57.0 Å². The van der Waals surface area contributed by atoms with Gasteiger partial charge in [-0.15, -0.1) is 24.0 Å². The number of furan rings is 1. The van der Waals surface area contributed by atoms with E-state index in [0.29, 0.717) is 37.2 Å². The van der Waals surface area contributed by atoms with Crippen LogP contribution < -0.4 is 20.1 Å². The molecule has 3 N–H and O–H groups in total. The van der Waals surface area contributed by atoms with E-state index in [9.17, 15) is 5.11 Å². The maximum absolute atomic E-state index is 10.7. The molecule has 0 amide bonds. The number of guanidine groups is 1. The molecule has 1 heterocycles. The molecule has 1 unspecified atom stereocenters. The molecule has 168 valence electrons. The van der Waals surface area contributed by atoms with Gasteiger partial charge in [-0.1, -0.05) is 13.0 Å². The number of nitrogens with zero attached hydrogens (tertiary/aromatic N) is 1.